The van der Waals surface area contributed by atoms with E-state index in [1.54, 1.807) is 0 Å². The van der Waals surface area contributed by atoms with E-state index in [1.165, 1.54) is 7.11 Å². The van der Waals surface area contributed by atoms with Gasteiger partial charge in [0.05, 0.1) is 7.11 Å². The second-order valence-corrected chi connectivity index (χ2v) is 2.62. The predicted octanol–water partition coefficient (Wildman–Crippen LogP) is 1.22. The minimum absolute atomic E-state index is 0.0275. The van der Waals surface area contributed by atoms with Gasteiger partial charge in [-0.05, 0) is 12.8 Å². The number of ether oxygens (including phenoxy) is 1. The lowest BCUT2D eigenvalue weighted by Gasteiger charge is -2.14. The first-order chi connectivity index (χ1) is 5.88. The van der Waals surface area contributed by atoms with Gasteiger partial charge >= 0.3 is 12.1 Å². The van der Waals surface area contributed by atoms with Gasteiger partial charge in [0.1, 0.15) is 6.04 Å². The Hall–Kier alpha value is -0.780. The van der Waals surface area contributed by atoms with Gasteiger partial charge in [-0.25, -0.2) is 0 Å². The van der Waals surface area contributed by atoms with Crippen molar-refractivity contribution in [1.82, 2.24) is 0 Å². The molecule has 0 aromatic heterocycles. The molecule has 0 bridgehead atoms. The number of alkyl halides is 3. The minimum Gasteiger partial charge on any atom is -0.469 e. The lowest BCUT2D eigenvalue weighted by atomic mass is 10.1. The molecule has 0 rings (SSSR count). The largest absolute Gasteiger partial charge is 0.469 e. The zero-order chi connectivity index (χ0) is 10.5. The molecule has 2 N–H and O–H groups in total. The highest BCUT2D eigenvalue weighted by Gasteiger charge is 2.35. The molecule has 1 atom stereocenters. The summed E-state index contributed by atoms with van der Waals surface area (Å²) < 4.78 is 39.7. The van der Waals surface area contributed by atoms with Gasteiger partial charge in [0, 0.05) is 6.42 Å². The summed E-state index contributed by atoms with van der Waals surface area (Å²) in [6.07, 6.45) is -4.57. The van der Waals surface area contributed by atoms with Gasteiger partial charge < -0.3 is 10.5 Å². The van der Waals surface area contributed by atoms with E-state index in [-0.39, 0.29) is 19.3 Å². The van der Waals surface area contributed by atoms with Gasteiger partial charge in [-0.3, -0.25) is 4.79 Å². The van der Waals surface area contributed by atoms with Crippen LogP contribution in [0.15, 0.2) is 0 Å². The summed E-state index contributed by atoms with van der Waals surface area (Å²) in [5.41, 5.74) is 4.80. The van der Waals surface area contributed by atoms with E-state index in [0.29, 0.717) is 0 Å². The molecule has 0 aliphatic carbocycles. The fourth-order valence-electron chi connectivity index (χ4n) is 0.732. The van der Waals surface area contributed by atoms with E-state index < -0.39 is 18.2 Å². The second-order valence-electron chi connectivity index (χ2n) is 2.62. The highest BCUT2D eigenvalue weighted by atomic mass is 19.4. The molecule has 0 fully saturated rings. The van der Waals surface area contributed by atoms with Crippen LogP contribution in [0.4, 0.5) is 13.2 Å². The standard InChI is InChI=1S/C7H12F3NO2/c1-13-6(12)4-2-3-5(11)7(8,9)10/h5H,2-4,11H2,1H3/t5-/m0/s1. The zero-order valence-corrected chi connectivity index (χ0v) is 7.23. The zero-order valence-electron chi connectivity index (χ0n) is 7.23. The van der Waals surface area contributed by atoms with Crippen LogP contribution in [0.3, 0.4) is 0 Å². The van der Waals surface area contributed by atoms with Crippen molar-refractivity contribution in [2.24, 2.45) is 5.73 Å². The van der Waals surface area contributed by atoms with Gasteiger partial charge in [-0.15, -0.1) is 0 Å². The topological polar surface area (TPSA) is 52.3 Å². The first kappa shape index (κ1) is 12.2. The van der Waals surface area contributed by atoms with Crippen LogP contribution in [-0.2, 0) is 9.53 Å². The van der Waals surface area contributed by atoms with Crippen LogP contribution in [0.25, 0.3) is 0 Å². The van der Waals surface area contributed by atoms with E-state index in [2.05, 4.69) is 4.74 Å². The fraction of sp³-hybridized carbons (Fsp3) is 0.857. The lowest BCUT2D eigenvalue weighted by Crippen LogP contribution is -2.37. The molecular formula is C7H12F3NO2. The van der Waals surface area contributed by atoms with E-state index >= 15 is 0 Å². The Kier molecular flexibility index (Phi) is 4.76. The van der Waals surface area contributed by atoms with E-state index in [4.69, 9.17) is 5.73 Å². The number of carbonyl (C=O) groups is 1. The van der Waals surface area contributed by atoms with Gasteiger partial charge in [0.2, 0.25) is 0 Å². The summed E-state index contributed by atoms with van der Waals surface area (Å²) in [6.45, 7) is 0. The van der Waals surface area contributed by atoms with Crippen LogP contribution in [0, 0.1) is 0 Å². The maximum absolute atomic E-state index is 11.8. The third kappa shape index (κ3) is 5.46. The second kappa shape index (κ2) is 5.06. The van der Waals surface area contributed by atoms with E-state index in [1.807, 2.05) is 0 Å². The van der Waals surface area contributed by atoms with E-state index in [0.717, 1.165) is 0 Å². The summed E-state index contributed by atoms with van der Waals surface area (Å²) in [5.74, 6) is -0.519. The number of halogens is 3. The van der Waals surface area contributed by atoms with Crippen molar-refractivity contribution in [3.8, 4) is 0 Å². The maximum Gasteiger partial charge on any atom is 0.403 e. The summed E-state index contributed by atoms with van der Waals surface area (Å²) in [7, 11) is 1.19. The summed E-state index contributed by atoms with van der Waals surface area (Å²) in [4.78, 5) is 10.5. The highest BCUT2D eigenvalue weighted by molar-refractivity contribution is 5.68. The van der Waals surface area contributed by atoms with Crippen LogP contribution in [0.2, 0.25) is 0 Å². The molecule has 0 aromatic carbocycles. The Balaban J connectivity index is 3.60. The molecule has 3 nitrogen and oxygen atoms in total. The highest BCUT2D eigenvalue weighted by Crippen LogP contribution is 2.21. The number of hydrogen-bond donors (Lipinski definition) is 1. The Morgan fingerprint density at radius 2 is 2.08 bits per heavy atom. The maximum atomic E-state index is 11.8. The molecule has 0 spiro atoms. The number of nitrogens with two attached hydrogens (primary N) is 1. The average molecular weight is 199 g/mol. The van der Waals surface area contributed by atoms with Crippen molar-refractivity contribution in [3.63, 3.8) is 0 Å². The Labute approximate surface area is 74.0 Å². The van der Waals surface area contributed by atoms with Crippen molar-refractivity contribution >= 4 is 5.97 Å². The number of esters is 1. The molecule has 0 saturated carbocycles. The lowest BCUT2D eigenvalue weighted by molar-refractivity contribution is -0.151. The summed E-state index contributed by atoms with van der Waals surface area (Å²) in [5, 5.41) is 0. The molecular weight excluding hydrogens is 187 g/mol. The van der Waals surface area contributed by atoms with Gasteiger partial charge in [-0.2, -0.15) is 13.2 Å². The first-order valence-electron chi connectivity index (χ1n) is 3.77. The van der Waals surface area contributed by atoms with Crippen LogP contribution in [-0.4, -0.2) is 25.3 Å². The smallest absolute Gasteiger partial charge is 0.403 e. The van der Waals surface area contributed by atoms with Crippen LogP contribution < -0.4 is 5.73 Å². The SMILES string of the molecule is COC(=O)CCC[C@H](N)C(F)(F)F. The van der Waals surface area contributed by atoms with Gasteiger partial charge in [0.25, 0.3) is 0 Å². The average Bonchev–Trinajstić information content (AvgIpc) is 2.02. The molecule has 0 aromatic rings. The van der Waals surface area contributed by atoms with Crippen molar-refractivity contribution in [3.05, 3.63) is 0 Å². The first-order valence-corrected chi connectivity index (χ1v) is 3.77. The Bertz CT molecular complexity index is 170. The van der Waals surface area contributed by atoms with Crippen LogP contribution in [0.1, 0.15) is 19.3 Å². The molecule has 0 saturated heterocycles. The van der Waals surface area contributed by atoms with Crippen molar-refractivity contribution in [1.29, 1.82) is 0 Å². The third-order valence-corrected chi connectivity index (χ3v) is 1.54. The van der Waals surface area contributed by atoms with Crippen LogP contribution >= 0.6 is 0 Å². The molecule has 0 unspecified atom stereocenters. The fourth-order valence-corrected chi connectivity index (χ4v) is 0.732. The predicted molar refractivity (Wildman–Crippen MR) is 39.9 cm³/mol. The number of hydrogen-bond acceptors (Lipinski definition) is 3. The number of rotatable bonds is 4. The molecule has 13 heavy (non-hydrogen) atoms. The molecule has 0 radical (unpaired) electrons. The molecule has 0 aliphatic rings. The van der Waals surface area contributed by atoms with Crippen LogP contribution in [0.5, 0.6) is 0 Å². The number of methoxy groups -OCH3 is 1. The minimum atomic E-state index is -4.38. The van der Waals surface area contributed by atoms with E-state index in [9.17, 15) is 18.0 Å². The third-order valence-electron chi connectivity index (χ3n) is 1.54. The van der Waals surface area contributed by atoms with Crippen molar-refractivity contribution < 1.29 is 22.7 Å². The van der Waals surface area contributed by atoms with Crippen molar-refractivity contribution in [2.75, 3.05) is 7.11 Å². The quantitative estimate of drug-likeness (QED) is 0.692. The van der Waals surface area contributed by atoms with Crippen molar-refractivity contribution in [2.45, 2.75) is 31.5 Å². The number of carbonyl (C=O) groups excluding carboxylic acids is 1. The Morgan fingerprint density at radius 3 is 2.46 bits per heavy atom. The molecule has 0 amide bonds. The summed E-state index contributed by atoms with van der Waals surface area (Å²) >= 11 is 0. The molecule has 6 heteroatoms. The molecule has 78 valence electrons. The Morgan fingerprint density at radius 1 is 1.54 bits per heavy atom. The molecule has 0 heterocycles. The van der Waals surface area contributed by atoms with Gasteiger partial charge in [-0.1, -0.05) is 0 Å². The molecule has 0 aliphatic heterocycles. The monoisotopic (exact) mass is 199 g/mol. The van der Waals surface area contributed by atoms with Gasteiger partial charge in [0.15, 0.2) is 0 Å². The normalized spacial score (nSPS) is 13.9. The summed E-state index contributed by atoms with van der Waals surface area (Å²) in [6, 6.07) is -1.85.